The van der Waals surface area contributed by atoms with E-state index in [1.165, 1.54) is 6.07 Å². The van der Waals surface area contributed by atoms with Gasteiger partial charge in [0.25, 0.3) is 0 Å². The average Bonchev–Trinajstić information content (AvgIpc) is 2.87. The number of amidine groups is 1. The van der Waals surface area contributed by atoms with Crippen molar-refractivity contribution in [1.82, 2.24) is 9.78 Å². The molecule has 0 saturated carbocycles. The highest BCUT2D eigenvalue weighted by Crippen LogP contribution is 2.34. The molecule has 0 fully saturated rings. The zero-order valence-corrected chi connectivity index (χ0v) is 11.4. The minimum Gasteiger partial charge on any atom is -0.388 e. The molecule has 1 aliphatic heterocycles. The summed E-state index contributed by atoms with van der Waals surface area (Å²) in [5.74, 6) is 0.0872. The van der Waals surface area contributed by atoms with Crippen LogP contribution in [0, 0.1) is 5.82 Å². The van der Waals surface area contributed by atoms with Gasteiger partial charge in [-0.3, -0.25) is 9.67 Å². The Bertz CT molecular complexity index is 691. The number of fused-ring (bicyclic) bond motifs is 1. The number of hydrogen-bond donors (Lipinski definition) is 2. The molecule has 5 nitrogen and oxygen atoms in total. The maximum atomic E-state index is 14.2. The standard InChI is InChI=1S/C14H16FN5/c1-14(10-7-9(17-2)3-4-11(10)15)8-20-12(5-6-18-20)13(16)19-14/h3-7,17H,8H2,1-2H3,(H2,16,19). The maximum absolute atomic E-state index is 14.2. The van der Waals surface area contributed by atoms with Crippen LogP contribution in [-0.4, -0.2) is 22.7 Å². The number of aliphatic imine (C=N–C) groups is 1. The Kier molecular flexibility index (Phi) is 2.74. The lowest BCUT2D eigenvalue weighted by molar-refractivity contribution is 0.363. The first-order valence-corrected chi connectivity index (χ1v) is 6.39. The number of nitrogens with two attached hydrogens (primary N) is 1. The molecule has 0 bridgehead atoms. The van der Waals surface area contributed by atoms with Crippen molar-refractivity contribution in [2.45, 2.75) is 19.0 Å². The lowest BCUT2D eigenvalue weighted by Crippen LogP contribution is -2.37. The SMILES string of the molecule is CNc1ccc(F)c(C2(C)Cn3nccc3C(N)=N2)c1. The van der Waals surface area contributed by atoms with Crippen molar-refractivity contribution >= 4 is 11.5 Å². The van der Waals surface area contributed by atoms with Gasteiger partial charge in [0.1, 0.15) is 22.9 Å². The smallest absolute Gasteiger partial charge is 0.145 e. The third-order valence-corrected chi connectivity index (χ3v) is 3.64. The van der Waals surface area contributed by atoms with E-state index in [2.05, 4.69) is 15.4 Å². The van der Waals surface area contributed by atoms with Gasteiger partial charge < -0.3 is 11.1 Å². The lowest BCUT2D eigenvalue weighted by Gasteiger charge is -2.31. The van der Waals surface area contributed by atoms with Crippen LogP contribution in [0.1, 0.15) is 18.2 Å². The number of nitrogens with one attached hydrogen (secondary N) is 1. The van der Waals surface area contributed by atoms with Crippen LogP contribution < -0.4 is 11.1 Å². The van der Waals surface area contributed by atoms with E-state index in [9.17, 15) is 4.39 Å². The largest absolute Gasteiger partial charge is 0.388 e. The third-order valence-electron chi connectivity index (χ3n) is 3.64. The minimum absolute atomic E-state index is 0.293. The average molecular weight is 273 g/mol. The van der Waals surface area contributed by atoms with E-state index >= 15 is 0 Å². The van der Waals surface area contributed by atoms with Gasteiger partial charge in [0.15, 0.2) is 0 Å². The van der Waals surface area contributed by atoms with Crippen molar-refractivity contribution in [1.29, 1.82) is 0 Å². The summed E-state index contributed by atoms with van der Waals surface area (Å²) in [6, 6.07) is 6.70. The Labute approximate surface area is 116 Å². The summed E-state index contributed by atoms with van der Waals surface area (Å²) < 4.78 is 16.0. The summed E-state index contributed by atoms with van der Waals surface area (Å²) >= 11 is 0. The predicted molar refractivity (Wildman–Crippen MR) is 76.3 cm³/mol. The number of aromatic nitrogens is 2. The van der Waals surface area contributed by atoms with Crippen LogP contribution in [0.25, 0.3) is 0 Å². The summed E-state index contributed by atoms with van der Waals surface area (Å²) in [5, 5.41) is 7.23. The summed E-state index contributed by atoms with van der Waals surface area (Å²) in [7, 11) is 1.80. The Balaban J connectivity index is 2.12. The zero-order valence-electron chi connectivity index (χ0n) is 11.4. The molecule has 104 valence electrons. The first-order chi connectivity index (χ1) is 9.53. The van der Waals surface area contributed by atoms with E-state index < -0.39 is 5.54 Å². The molecule has 0 aliphatic carbocycles. The van der Waals surface area contributed by atoms with Gasteiger partial charge in [-0.15, -0.1) is 0 Å². The molecule has 0 spiro atoms. The molecule has 1 unspecified atom stereocenters. The van der Waals surface area contributed by atoms with E-state index in [1.54, 1.807) is 36.1 Å². The third kappa shape index (κ3) is 1.84. The van der Waals surface area contributed by atoms with Gasteiger partial charge in [-0.1, -0.05) is 0 Å². The Morgan fingerprint density at radius 2 is 2.20 bits per heavy atom. The fraction of sp³-hybridized carbons (Fsp3) is 0.286. The van der Waals surface area contributed by atoms with Gasteiger partial charge in [0.05, 0.1) is 6.54 Å². The molecule has 1 aromatic heterocycles. The first-order valence-electron chi connectivity index (χ1n) is 6.39. The minimum atomic E-state index is -0.764. The number of anilines is 1. The maximum Gasteiger partial charge on any atom is 0.145 e. The van der Waals surface area contributed by atoms with E-state index in [4.69, 9.17) is 5.73 Å². The summed E-state index contributed by atoms with van der Waals surface area (Å²) in [5.41, 5.74) is 7.33. The second-order valence-corrected chi connectivity index (χ2v) is 5.09. The van der Waals surface area contributed by atoms with E-state index in [0.29, 0.717) is 17.9 Å². The molecule has 20 heavy (non-hydrogen) atoms. The summed E-state index contributed by atoms with van der Waals surface area (Å²) in [6.07, 6.45) is 1.67. The highest BCUT2D eigenvalue weighted by Gasteiger charge is 2.35. The van der Waals surface area contributed by atoms with Crippen LogP contribution >= 0.6 is 0 Å². The first kappa shape index (κ1) is 12.7. The highest BCUT2D eigenvalue weighted by molar-refractivity contribution is 5.96. The highest BCUT2D eigenvalue weighted by atomic mass is 19.1. The van der Waals surface area contributed by atoms with Crippen LogP contribution in [0.3, 0.4) is 0 Å². The molecular weight excluding hydrogens is 257 g/mol. The molecule has 1 aliphatic rings. The second kappa shape index (κ2) is 4.33. The van der Waals surface area contributed by atoms with Crippen LogP contribution in [-0.2, 0) is 12.1 Å². The van der Waals surface area contributed by atoms with E-state index in [0.717, 1.165) is 11.4 Å². The van der Waals surface area contributed by atoms with Crippen LogP contribution in [0.2, 0.25) is 0 Å². The van der Waals surface area contributed by atoms with Gasteiger partial charge in [-0.25, -0.2) is 4.39 Å². The zero-order chi connectivity index (χ0) is 14.3. The molecule has 0 saturated heterocycles. The molecule has 3 N–H and O–H groups in total. The number of nitrogens with zero attached hydrogens (tertiary/aromatic N) is 3. The molecule has 1 atom stereocenters. The predicted octanol–water partition coefficient (Wildman–Crippen LogP) is 1.70. The van der Waals surface area contributed by atoms with Gasteiger partial charge >= 0.3 is 0 Å². The lowest BCUT2D eigenvalue weighted by atomic mass is 9.90. The molecule has 0 amide bonds. The molecule has 6 heteroatoms. The Hall–Kier alpha value is -2.37. The molecule has 1 aromatic carbocycles. The fourth-order valence-electron chi connectivity index (χ4n) is 2.57. The van der Waals surface area contributed by atoms with E-state index in [1.807, 2.05) is 6.92 Å². The summed E-state index contributed by atoms with van der Waals surface area (Å²) in [6.45, 7) is 2.32. The van der Waals surface area contributed by atoms with Crippen molar-refractivity contribution in [3.8, 4) is 0 Å². The molecule has 0 radical (unpaired) electrons. The van der Waals surface area contributed by atoms with Gasteiger partial charge in [-0.05, 0) is 31.2 Å². The van der Waals surface area contributed by atoms with Gasteiger partial charge in [0, 0.05) is 24.5 Å². The Morgan fingerprint density at radius 1 is 1.40 bits per heavy atom. The fourth-order valence-corrected chi connectivity index (χ4v) is 2.57. The normalized spacial score (nSPS) is 21.2. The van der Waals surface area contributed by atoms with Gasteiger partial charge in [0.2, 0.25) is 0 Å². The van der Waals surface area contributed by atoms with Crippen molar-refractivity contribution in [3.05, 3.63) is 47.5 Å². The molecule has 2 heterocycles. The second-order valence-electron chi connectivity index (χ2n) is 5.09. The van der Waals surface area contributed by atoms with Gasteiger partial charge in [-0.2, -0.15) is 5.10 Å². The van der Waals surface area contributed by atoms with E-state index in [-0.39, 0.29) is 5.82 Å². The molecule has 3 rings (SSSR count). The molecule has 2 aromatic rings. The monoisotopic (exact) mass is 273 g/mol. The Morgan fingerprint density at radius 3 is 2.95 bits per heavy atom. The van der Waals surface area contributed by atoms with Crippen molar-refractivity contribution in [3.63, 3.8) is 0 Å². The van der Waals surface area contributed by atoms with Crippen molar-refractivity contribution in [2.24, 2.45) is 10.7 Å². The quantitative estimate of drug-likeness (QED) is 0.875. The van der Waals surface area contributed by atoms with Crippen molar-refractivity contribution < 1.29 is 4.39 Å². The van der Waals surface area contributed by atoms with Crippen LogP contribution in [0.15, 0.2) is 35.5 Å². The van der Waals surface area contributed by atoms with Crippen LogP contribution in [0.4, 0.5) is 10.1 Å². The topological polar surface area (TPSA) is 68.2 Å². The number of hydrogen-bond acceptors (Lipinski definition) is 4. The van der Waals surface area contributed by atoms with Crippen LogP contribution in [0.5, 0.6) is 0 Å². The molecular formula is C14H16FN5. The number of halogens is 1. The summed E-state index contributed by atoms with van der Waals surface area (Å²) in [4.78, 5) is 4.50. The van der Waals surface area contributed by atoms with Crippen molar-refractivity contribution in [2.75, 3.05) is 12.4 Å². The number of rotatable bonds is 2. The number of benzene rings is 1.